The molecule has 2 aromatic carbocycles. The van der Waals surface area contributed by atoms with Gasteiger partial charge in [0, 0.05) is 24.7 Å². The Balaban J connectivity index is 1.48. The first-order valence-corrected chi connectivity index (χ1v) is 12.8. The Morgan fingerprint density at radius 1 is 1.06 bits per heavy atom. The number of carbonyl (C=O) groups excluding carboxylic acids is 1. The highest BCUT2D eigenvalue weighted by molar-refractivity contribution is 7.89. The van der Waals surface area contributed by atoms with Gasteiger partial charge in [0.15, 0.2) is 0 Å². The highest BCUT2D eigenvalue weighted by atomic mass is 32.2. The number of amides is 1. The molecule has 0 spiro atoms. The van der Waals surface area contributed by atoms with E-state index in [-0.39, 0.29) is 16.8 Å². The largest absolute Gasteiger partial charge is 0.320 e. The van der Waals surface area contributed by atoms with E-state index in [9.17, 15) is 13.2 Å². The predicted octanol–water partition coefficient (Wildman–Crippen LogP) is 4.28. The lowest BCUT2D eigenvalue weighted by molar-refractivity contribution is 0.102. The third kappa shape index (κ3) is 4.74. The molecule has 1 saturated heterocycles. The maximum atomic E-state index is 13.3. The number of rotatable bonds is 5. The van der Waals surface area contributed by atoms with Crippen LogP contribution in [-0.4, -0.2) is 41.9 Å². The molecule has 0 radical (unpaired) electrons. The summed E-state index contributed by atoms with van der Waals surface area (Å²) in [4.78, 5) is 12.9. The van der Waals surface area contributed by atoms with Crippen LogP contribution in [0, 0.1) is 20.8 Å². The Labute approximate surface area is 192 Å². The summed E-state index contributed by atoms with van der Waals surface area (Å²) < 4.78 is 28.1. The van der Waals surface area contributed by atoms with E-state index in [4.69, 9.17) is 0 Å². The van der Waals surface area contributed by atoms with E-state index in [0.29, 0.717) is 28.7 Å². The first-order chi connectivity index (χ1) is 15.2. The number of sulfonamides is 1. The number of benzene rings is 2. The number of hydrogen-bond acceptors (Lipinski definition) is 6. The van der Waals surface area contributed by atoms with Gasteiger partial charge in [0.25, 0.3) is 5.91 Å². The summed E-state index contributed by atoms with van der Waals surface area (Å²) in [5, 5.41) is 12.1. The lowest BCUT2D eigenvalue weighted by Gasteiger charge is -2.31. The SMILES string of the molecule is Cc1ccc(NC(=O)c2nnc(C3CCCN(S(=O)(=O)c4ccc(C)cc4C)C3)s2)cc1. The van der Waals surface area contributed by atoms with Gasteiger partial charge in [-0.25, -0.2) is 8.42 Å². The third-order valence-corrected chi connectivity index (χ3v) is 8.74. The number of aryl methyl sites for hydroxylation is 3. The van der Waals surface area contributed by atoms with E-state index in [2.05, 4.69) is 15.5 Å². The van der Waals surface area contributed by atoms with E-state index in [0.717, 1.165) is 29.5 Å². The first kappa shape index (κ1) is 22.6. The lowest BCUT2D eigenvalue weighted by Crippen LogP contribution is -2.39. The fourth-order valence-electron chi connectivity index (χ4n) is 3.90. The van der Waals surface area contributed by atoms with Crippen LogP contribution in [0.4, 0.5) is 5.69 Å². The standard InChI is InChI=1S/C23H26N4O3S2/c1-15-6-9-19(10-7-15)24-21(28)23-26-25-22(31-23)18-5-4-12-27(14-18)32(29,30)20-11-8-16(2)13-17(20)3/h6-11,13,18H,4-5,12,14H2,1-3H3,(H,24,28). The second kappa shape index (κ2) is 9.09. The molecule has 0 bridgehead atoms. The van der Waals surface area contributed by atoms with Crippen LogP contribution in [-0.2, 0) is 10.0 Å². The molecule has 3 aromatic rings. The van der Waals surface area contributed by atoms with Crippen LogP contribution < -0.4 is 5.32 Å². The van der Waals surface area contributed by atoms with Gasteiger partial charge in [0.1, 0.15) is 5.01 Å². The van der Waals surface area contributed by atoms with Crippen molar-refractivity contribution in [2.75, 3.05) is 18.4 Å². The number of nitrogens with one attached hydrogen (secondary N) is 1. The van der Waals surface area contributed by atoms with Crippen molar-refractivity contribution in [2.24, 2.45) is 0 Å². The molecular formula is C23H26N4O3S2. The Kier molecular flexibility index (Phi) is 6.41. The molecule has 4 rings (SSSR count). The number of piperidine rings is 1. The zero-order chi connectivity index (χ0) is 22.9. The van der Waals surface area contributed by atoms with Crippen LogP contribution >= 0.6 is 11.3 Å². The zero-order valence-corrected chi connectivity index (χ0v) is 20.0. The molecule has 1 atom stereocenters. The van der Waals surface area contributed by atoms with Crippen molar-refractivity contribution in [3.8, 4) is 0 Å². The topological polar surface area (TPSA) is 92.3 Å². The summed E-state index contributed by atoms with van der Waals surface area (Å²) in [6.07, 6.45) is 1.55. The highest BCUT2D eigenvalue weighted by Gasteiger charge is 2.33. The summed E-state index contributed by atoms with van der Waals surface area (Å²) in [5.41, 5.74) is 3.58. The second-order valence-corrected chi connectivity index (χ2v) is 11.2. The van der Waals surface area contributed by atoms with Crippen molar-refractivity contribution < 1.29 is 13.2 Å². The van der Waals surface area contributed by atoms with Crippen LogP contribution in [0.2, 0.25) is 0 Å². The van der Waals surface area contributed by atoms with Gasteiger partial charge in [-0.05, 0) is 57.4 Å². The van der Waals surface area contributed by atoms with Gasteiger partial charge in [-0.3, -0.25) is 4.79 Å². The van der Waals surface area contributed by atoms with E-state index < -0.39 is 10.0 Å². The summed E-state index contributed by atoms with van der Waals surface area (Å²) >= 11 is 1.23. The number of aromatic nitrogens is 2. The van der Waals surface area contributed by atoms with Crippen LogP contribution in [0.1, 0.15) is 50.3 Å². The second-order valence-electron chi connectivity index (χ2n) is 8.24. The summed E-state index contributed by atoms with van der Waals surface area (Å²) in [7, 11) is -3.59. The third-order valence-electron chi connectivity index (χ3n) is 5.63. The van der Waals surface area contributed by atoms with Crippen molar-refractivity contribution in [1.29, 1.82) is 0 Å². The molecule has 1 aromatic heterocycles. The highest BCUT2D eigenvalue weighted by Crippen LogP contribution is 2.32. The van der Waals surface area contributed by atoms with Crippen LogP contribution in [0.5, 0.6) is 0 Å². The molecule has 7 nitrogen and oxygen atoms in total. The smallest absolute Gasteiger partial charge is 0.286 e. The number of carbonyl (C=O) groups is 1. The Bertz CT molecular complexity index is 1240. The van der Waals surface area contributed by atoms with Crippen molar-refractivity contribution in [2.45, 2.75) is 44.4 Å². The minimum atomic E-state index is -3.59. The molecule has 1 aliphatic heterocycles. The summed E-state index contributed by atoms with van der Waals surface area (Å²) in [6.45, 7) is 6.57. The van der Waals surface area contributed by atoms with Gasteiger partial charge in [-0.15, -0.1) is 10.2 Å². The summed E-state index contributed by atoms with van der Waals surface area (Å²) in [5.74, 6) is -0.393. The molecule has 1 fully saturated rings. The maximum Gasteiger partial charge on any atom is 0.286 e. The average molecular weight is 471 g/mol. The van der Waals surface area contributed by atoms with Gasteiger partial charge < -0.3 is 5.32 Å². The molecule has 1 amide bonds. The lowest BCUT2D eigenvalue weighted by atomic mass is 10.0. The van der Waals surface area contributed by atoms with E-state index >= 15 is 0 Å². The quantitative estimate of drug-likeness (QED) is 0.601. The van der Waals surface area contributed by atoms with Crippen LogP contribution in [0.3, 0.4) is 0 Å². The zero-order valence-electron chi connectivity index (χ0n) is 18.3. The molecule has 1 N–H and O–H groups in total. The van der Waals surface area contributed by atoms with Crippen molar-refractivity contribution in [3.63, 3.8) is 0 Å². The van der Waals surface area contributed by atoms with Crippen molar-refractivity contribution in [3.05, 3.63) is 69.2 Å². The molecule has 0 saturated carbocycles. The molecule has 2 heterocycles. The molecule has 168 valence electrons. The maximum absolute atomic E-state index is 13.3. The fourth-order valence-corrected chi connectivity index (χ4v) is 6.50. The monoisotopic (exact) mass is 470 g/mol. The summed E-state index contributed by atoms with van der Waals surface area (Å²) in [6, 6.07) is 12.9. The molecule has 9 heteroatoms. The Morgan fingerprint density at radius 3 is 2.50 bits per heavy atom. The van der Waals surface area contributed by atoms with Gasteiger partial charge in [-0.1, -0.05) is 46.7 Å². The number of hydrogen-bond donors (Lipinski definition) is 1. The van der Waals surface area contributed by atoms with Gasteiger partial charge >= 0.3 is 0 Å². The molecule has 1 unspecified atom stereocenters. The average Bonchev–Trinajstić information content (AvgIpc) is 3.26. The van der Waals surface area contributed by atoms with Crippen LogP contribution in [0.15, 0.2) is 47.4 Å². The normalized spacial score (nSPS) is 17.3. The number of nitrogens with zero attached hydrogens (tertiary/aromatic N) is 3. The van der Waals surface area contributed by atoms with Gasteiger partial charge in [0.05, 0.1) is 4.90 Å². The van der Waals surface area contributed by atoms with Crippen molar-refractivity contribution >= 4 is 33.0 Å². The Hall–Kier alpha value is -2.62. The predicted molar refractivity (Wildman–Crippen MR) is 126 cm³/mol. The van der Waals surface area contributed by atoms with Crippen LogP contribution in [0.25, 0.3) is 0 Å². The van der Waals surface area contributed by atoms with E-state index in [1.807, 2.05) is 57.2 Å². The first-order valence-electron chi connectivity index (χ1n) is 10.5. The van der Waals surface area contributed by atoms with E-state index in [1.54, 1.807) is 6.07 Å². The molecule has 32 heavy (non-hydrogen) atoms. The molecule has 1 aliphatic rings. The van der Waals surface area contributed by atoms with E-state index in [1.165, 1.54) is 15.6 Å². The van der Waals surface area contributed by atoms with Gasteiger partial charge in [0.2, 0.25) is 15.0 Å². The molecular weight excluding hydrogens is 444 g/mol. The fraction of sp³-hybridized carbons (Fsp3) is 0.348. The minimum Gasteiger partial charge on any atom is -0.320 e. The Morgan fingerprint density at radius 2 is 1.78 bits per heavy atom. The minimum absolute atomic E-state index is 0.0808. The van der Waals surface area contributed by atoms with Crippen molar-refractivity contribution in [1.82, 2.24) is 14.5 Å². The molecule has 0 aliphatic carbocycles. The van der Waals surface area contributed by atoms with Gasteiger partial charge in [-0.2, -0.15) is 4.31 Å². The number of anilines is 1.